The number of aliphatic hydroxyl groups excluding tert-OH is 1. The molecule has 2 unspecified atom stereocenters. The van der Waals surface area contributed by atoms with Crippen molar-refractivity contribution in [3.05, 3.63) is 35.4 Å². The fourth-order valence-electron chi connectivity index (χ4n) is 2.54. The predicted octanol–water partition coefficient (Wildman–Crippen LogP) is 0.789. The summed E-state index contributed by atoms with van der Waals surface area (Å²) in [5, 5.41) is 19.0. The van der Waals surface area contributed by atoms with Crippen LogP contribution in [0.1, 0.15) is 30.6 Å². The van der Waals surface area contributed by atoms with Crippen LogP contribution in [0.3, 0.4) is 0 Å². The van der Waals surface area contributed by atoms with Gasteiger partial charge in [-0.3, -0.25) is 9.69 Å². The summed E-state index contributed by atoms with van der Waals surface area (Å²) in [7, 11) is 0. The molecule has 2 atom stereocenters. The van der Waals surface area contributed by atoms with Crippen LogP contribution in [-0.2, 0) is 4.79 Å². The van der Waals surface area contributed by atoms with Crippen molar-refractivity contribution in [1.82, 2.24) is 4.90 Å². The average Bonchev–Trinajstić information content (AvgIpc) is 2.82. The van der Waals surface area contributed by atoms with Gasteiger partial charge >= 0.3 is 0 Å². The van der Waals surface area contributed by atoms with Crippen LogP contribution >= 0.6 is 0 Å². The van der Waals surface area contributed by atoms with Gasteiger partial charge in [-0.05, 0) is 37.6 Å². The minimum atomic E-state index is -0.627. The molecule has 1 aliphatic rings. The Balaban J connectivity index is 1.97. The Kier molecular flexibility index (Phi) is 4.07. The Morgan fingerprint density at radius 2 is 2.20 bits per heavy atom. The zero-order valence-electron chi connectivity index (χ0n) is 11.5. The molecule has 1 aliphatic heterocycles. The van der Waals surface area contributed by atoms with Crippen LogP contribution in [0.15, 0.2) is 24.3 Å². The molecule has 0 radical (unpaired) electrons. The molecule has 1 aromatic carbocycles. The quantitative estimate of drug-likeness (QED) is 0.848. The average molecular weight is 273 g/mol. The van der Waals surface area contributed by atoms with E-state index in [0.29, 0.717) is 18.7 Å². The van der Waals surface area contributed by atoms with Crippen LogP contribution in [0.2, 0.25) is 0 Å². The molecule has 1 saturated heterocycles. The second-order valence-corrected chi connectivity index (χ2v) is 5.66. The largest absolute Gasteiger partial charge is 0.387 e. The minimum absolute atomic E-state index is 0.284. The Labute approximate surface area is 118 Å². The highest BCUT2D eigenvalue weighted by Crippen LogP contribution is 2.30. The van der Waals surface area contributed by atoms with E-state index in [-0.39, 0.29) is 5.91 Å². The van der Waals surface area contributed by atoms with Crippen molar-refractivity contribution in [2.75, 3.05) is 19.6 Å². The summed E-state index contributed by atoms with van der Waals surface area (Å²) in [6.45, 7) is 3.67. The highest BCUT2D eigenvalue weighted by atomic mass is 16.3. The first-order chi connectivity index (χ1) is 9.44. The number of carbonyl (C=O) groups excluding carboxylic acids is 1. The summed E-state index contributed by atoms with van der Waals surface area (Å²) in [5.74, 6) is -0.284. The Hall–Kier alpha value is -1.90. The number of carbonyl (C=O) groups is 1. The van der Waals surface area contributed by atoms with Gasteiger partial charge < -0.3 is 10.8 Å². The molecule has 0 bridgehead atoms. The number of β-amino-alcohol motifs (C(OH)–C–C–N with tert-alkyl or cyclic N) is 1. The van der Waals surface area contributed by atoms with Gasteiger partial charge in [0.05, 0.1) is 23.2 Å². The van der Waals surface area contributed by atoms with Crippen molar-refractivity contribution >= 4 is 5.91 Å². The molecule has 1 fully saturated rings. The van der Waals surface area contributed by atoms with Gasteiger partial charge in [0, 0.05) is 13.1 Å². The van der Waals surface area contributed by atoms with Gasteiger partial charge in [-0.2, -0.15) is 5.26 Å². The van der Waals surface area contributed by atoms with E-state index in [4.69, 9.17) is 11.0 Å². The van der Waals surface area contributed by atoms with E-state index < -0.39 is 11.5 Å². The third-order valence-electron chi connectivity index (χ3n) is 4.00. The number of hydrogen-bond acceptors (Lipinski definition) is 4. The first-order valence-electron chi connectivity index (χ1n) is 6.65. The summed E-state index contributed by atoms with van der Waals surface area (Å²) in [6, 6.07) is 8.94. The molecule has 2 rings (SSSR count). The Morgan fingerprint density at radius 3 is 2.70 bits per heavy atom. The molecule has 5 heteroatoms. The van der Waals surface area contributed by atoms with Gasteiger partial charge in [0.1, 0.15) is 0 Å². The van der Waals surface area contributed by atoms with E-state index in [1.54, 1.807) is 24.3 Å². The van der Waals surface area contributed by atoms with Gasteiger partial charge in [-0.1, -0.05) is 12.1 Å². The Bertz CT molecular complexity index is 535. The number of nitriles is 1. The molecule has 0 aromatic heterocycles. The predicted molar refractivity (Wildman–Crippen MR) is 74.5 cm³/mol. The third-order valence-corrected chi connectivity index (χ3v) is 4.00. The topological polar surface area (TPSA) is 90.3 Å². The molecule has 0 aliphatic carbocycles. The van der Waals surface area contributed by atoms with Crippen molar-refractivity contribution in [1.29, 1.82) is 5.26 Å². The monoisotopic (exact) mass is 273 g/mol. The summed E-state index contributed by atoms with van der Waals surface area (Å²) in [5.41, 5.74) is 6.26. The first kappa shape index (κ1) is 14.5. The molecule has 0 spiro atoms. The van der Waals surface area contributed by atoms with E-state index in [1.165, 1.54) is 0 Å². The number of nitrogens with two attached hydrogens (primary N) is 1. The first-order valence-corrected chi connectivity index (χ1v) is 6.65. The standard InChI is InChI=1S/C15H19N3O2/c1-15(14(17)20)6-7-18(10-15)9-13(19)12-4-2-11(8-16)3-5-12/h2-5,13,19H,6-7,9-10H2,1H3,(H2,17,20). The van der Waals surface area contributed by atoms with Gasteiger partial charge in [0.15, 0.2) is 0 Å². The number of nitrogens with zero attached hydrogens (tertiary/aromatic N) is 2. The number of likely N-dealkylation sites (tertiary alicyclic amines) is 1. The molecule has 5 nitrogen and oxygen atoms in total. The maximum Gasteiger partial charge on any atom is 0.224 e. The lowest BCUT2D eigenvalue weighted by atomic mass is 9.89. The molecule has 1 amide bonds. The van der Waals surface area contributed by atoms with Crippen molar-refractivity contribution in [3.8, 4) is 6.07 Å². The number of rotatable bonds is 4. The van der Waals surface area contributed by atoms with Gasteiger partial charge in [0.2, 0.25) is 5.91 Å². The van der Waals surface area contributed by atoms with Gasteiger partial charge in [-0.25, -0.2) is 0 Å². The van der Waals surface area contributed by atoms with E-state index in [0.717, 1.165) is 18.5 Å². The van der Waals surface area contributed by atoms with Crippen LogP contribution in [0.5, 0.6) is 0 Å². The number of aliphatic hydroxyl groups is 1. The summed E-state index contributed by atoms with van der Waals surface area (Å²) in [6.07, 6.45) is 0.0977. The van der Waals surface area contributed by atoms with E-state index in [9.17, 15) is 9.90 Å². The summed E-state index contributed by atoms with van der Waals surface area (Å²) >= 11 is 0. The highest BCUT2D eigenvalue weighted by molar-refractivity contribution is 5.81. The van der Waals surface area contributed by atoms with Crippen molar-refractivity contribution in [3.63, 3.8) is 0 Å². The molecule has 106 valence electrons. The van der Waals surface area contributed by atoms with Crippen molar-refractivity contribution < 1.29 is 9.90 Å². The van der Waals surface area contributed by atoms with E-state index in [1.807, 2.05) is 17.9 Å². The second-order valence-electron chi connectivity index (χ2n) is 5.66. The minimum Gasteiger partial charge on any atom is -0.387 e. The zero-order valence-corrected chi connectivity index (χ0v) is 11.5. The maximum absolute atomic E-state index is 11.4. The van der Waals surface area contributed by atoms with Crippen LogP contribution < -0.4 is 5.73 Å². The molecular formula is C15H19N3O2. The lowest BCUT2D eigenvalue weighted by molar-refractivity contribution is -0.126. The molecule has 0 saturated carbocycles. The normalized spacial score (nSPS) is 24.2. The number of primary amides is 1. The van der Waals surface area contributed by atoms with E-state index >= 15 is 0 Å². The summed E-state index contributed by atoms with van der Waals surface area (Å²) < 4.78 is 0. The highest BCUT2D eigenvalue weighted by Gasteiger charge is 2.39. The summed E-state index contributed by atoms with van der Waals surface area (Å²) in [4.78, 5) is 13.4. The number of benzene rings is 1. The fourth-order valence-corrected chi connectivity index (χ4v) is 2.54. The zero-order chi connectivity index (χ0) is 14.8. The fraction of sp³-hybridized carbons (Fsp3) is 0.467. The van der Waals surface area contributed by atoms with Crippen LogP contribution in [0.25, 0.3) is 0 Å². The van der Waals surface area contributed by atoms with Gasteiger partial charge in [0.25, 0.3) is 0 Å². The van der Waals surface area contributed by atoms with Crippen molar-refractivity contribution in [2.45, 2.75) is 19.4 Å². The second kappa shape index (κ2) is 5.61. The lowest BCUT2D eigenvalue weighted by Crippen LogP contribution is -2.37. The van der Waals surface area contributed by atoms with Crippen LogP contribution in [-0.4, -0.2) is 35.5 Å². The van der Waals surface area contributed by atoms with Crippen molar-refractivity contribution in [2.24, 2.45) is 11.1 Å². The number of hydrogen-bond donors (Lipinski definition) is 2. The molecular weight excluding hydrogens is 254 g/mol. The van der Waals surface area contributed by atoms with Crippen LogP contribution in [0.4, 0.5) is 0 Å². The molecule has 1 heterocycles. The lowest BCUT2D eigenvalue weighted by Gasteiger charge is -2.23. The third kappa shape index (κ3) is 2.98. The molecule has 3 N–H and O–H groups in total. The SMILES string of the molecule is CC1(C(N)=O)CCN(CC(O)c2ccc(C#N)cc2)C1. The molecule has 20 heavy (non-hydrogen) atoms. The molecule has 1 aromatic rings. The van der Waals surface area contributed by atoms with E-state index in [2.05, 4.69) is 0 Å². The maximum atomic E-state index is 11.4. The Morgan fingerprint density at radius 1 is 1.55 bits per heavy atom. The smallest absolute Gasteiger partial charge is 0.224 e. The number of amides is 1. The van der Waals surface area contributed by atoms with Gasteiger partial charge in [-0.15, -0.1) is 0 Å². The van der Waals surface area contributed by atoms with Crippen LogP contribution in [0, 0.1) is 16.7 Å².